The number of nitrogen functional groups attached to an aromatic ring is 1. The van der Waals surface area contributed by atoms with Crippen molar-refractivity contribution in [2.24, 2.45) is 5.84 Å². The quantitative estimate of drug-likeness (QED) is 0.553. The van der Waals surface area contributed by atoms with Crippen molar-refractivity contribution >= 4 is 27.4 Å². The van der Waals surface area contributed by atoms with E-state index in [1.807, 2.05) is 28.8 Å². The number of anilines is 1. The van der Waals surface area contributed by atoms with Gasteiger partial charge in [-0.05, 0) is 12.1 Å². The van der Waals surface area contributed by atoms with Gasteiger partial charge in [0.1, 0.15) is 5.01 Å². The van der Waals surface area contributed by atoms with Gasteiger partial charge in [0.15, 0.2) is 5.43 Å². The fraction of sp³-hybridized carbons (Fsp3) is 0.0833. The van der Waals surface area contributed by atoms with Crippen LogP contribution in [0.15, 0.2) is 41.3 Å². The number of pyridine rings is 1. The van der Waals surface area contributed by atoms with E-state index in [1.54, 1.807) is 12.3 Å². The highest BCUT2D eigenvalue weighted by molar-refractivity contribution is 7.15. The summed E-state index contributed by atoms with van der Waals surface area (Å²) >= 11 is 1.38. The van der Waals surface area contributed by atoms with Crippen molar-refractivity contribution < 1.29 is 0 Å². The molecule has 0 amide bonds. The van der Waals surface area contributed by atoms with Crippen LogP contribution in [0.5, 0.6) is 0 Å². The summed E-state index contributed by atoms with van der Waals surface area (Å²) < 4.78 is 1.97. The van der Waals surface area contributed by atoms with Crippen LogP contribution < -0.4 is 16.7 Å². The number of aromatic nitrogens is 3. The summed E-state index contributed by atoms with van der Waals surface area (Å²) in [6.45, 7) is 0.556. The Morgan fingerprint density at radius 3 is 2.89 bits per heavy atom. The molecule has 19 heavy (non-hydrogen) atoms. The zero-order valence-corrected chi connectivity index (χ0v) is 10.7. The Morgan fingerprint density at radius 2 is 2.11 bits per heavy atom. The van der Waals surface area contributed by atoms with Crippen LogP contribution in [0.3, 0.4) is 0 Å². The maximum Gasteiger partial charge on any atom is 0.219 e. The first-order chi connectivity index (χ1) is 9.28. The van der Waals surface area contributed by atoms with Gasteiger partial charge in [0.05, 0.1) is 12.1 Å². The molecule has 0 aliphatic carbocycles. The minimum atomic E-state index is 0.0217. The van der Waals surface area contributed by atoms with Crippen LogP contribution in [0.25, 0.3) is 10.9 Å². The molecule has 3 rings (SSSR count). The van der Waals surface area contributed by atoms with E-state index in [1.165, 1.54) is 11.3 Å². The Bertz CT molecular complexity index is 779. The average molecular weight is 273 g/mol. The molecule has 0 saturated carbocycles. The van der Waals surface area contributed by atoms with E-state index in [2.05, 4.69) is 15.6 Å². The van der Waals surface area contributed by atoms with Crippen molar-refractivity contribution in [3.05, 3.63) is 51.8 Å². The lowest BCUT2D eigenvalue weighted by Crippen LogP contribution is -2.08. The van der Waals surface area contributed by atoms with Gasteiger partial charge >= 0.3 is 0 Å². The van der Waals surface area contributed by atoms with Crippen LogP contribution in [0.4, 0.5) is 5.13 Å². The Kier molecular flexibility index (Phi) is 2.98. The molecule has 0 saturated heterocycles. The summed E-state index contributed by atoms with van der Waals surface area (Å²) in [5.74, 6) is 5.28. The molecule has 7 heteroatoms. The van der Waals surface area contributed by atoms with E-state index in [-0.39, 0.29) is 5.43 Å². The SMILES string of the molecule is NNc1nnc(Cn2ccc(=O)c3ccccc32)s1. The van der Waals surface area contributed by atoms with Crippen LogP contribution in [-0.4, -0.2) is 14.8 Å². The summed E-state index contributed by atoms with van der Waals surface area (Å²) in [7, 11) is 0. The first-order valence-corrected chi connectivity index (χ1v) is 6.47. The van der Waals surface area contributed by atoms with E-state index in [9.17, 15) is 4.79 Å². The Hall–Kier alpha value is -2.25. The first-order valence-electron chi connectivity index (χ1n) is 5.65. The van der Waals surface area contributed by atoms with Gasteiger partial charge in [-0.1, -0.05) is 23.5 Å². The molecule has 0 unspecified atom stereocenters. The van der Waals surface area contributed by atoms with Crippen molar-refractivity contribution in [2.45, 2.75) is 6.54 Å². The molecule has 3 aromatic rings. The number of benzene rings is 1. The predicted octanol–water partition coefficient (Wildman–Crippen LogP) is 1.19. The van der Waals surface area contributed by atoms with Crippen molar-refractivity contribution in [1.29, 1.82) is 0 Å². The minimum Gasteiger partial charge on any atom is -0.340 e. The van der Waals surface area contributed by atoms with Crippen LogP contribution in [-0.2, 0) is 6.54 Å². The Labute approximate surface area is 112 Å². The highest BCUT2D eigenvalue weighted by Crippen LogP contribution is 2.17. The van der Waals surface area contributed by atoms with Gasteiger partial charge in [0.2, 0.25) is 5.13 Å². The second-order valence-corrected chi connectivity index (χ2v) is 5.03. The highest BCUT2D eigenvalue weighted by atomic mass is 32.1. The topological polar surface area (TPSA) is 85.8 Å². The molecule has 0 spiro atoms. The first kappa shape index (κ1) is 11.8. The van der Waals surface area contributed by atoms with Crippen LogP contribution >= 0.6 is 11.3 Å². The second-order valence-electron chi connectivity index (χ2n) is 3.97. The predicted molar refractivity (Wildman–Crippen MR) is 75.0 cm³/mol. The van der Waals surface area contributed by atoms with Crippen molar-refractivity contribution in [2.75, 3.05) is 5.43 Å². The van der Waals surface area contributed by atoms with E-state index in [4.69, 9.17) is 5.84 Å². The van der Waals surface area contributed by atoms with Crippen LogP contribution in [0.2, 0.25) is 0 Å². The summed E-state index contributed by atoms with van der Waals surface area (Å²) in [6, 6.07) is 9.06. The van der Waals surface area contributed by atoms with Crippen molar-refractivity contribution in [3.63, 3.8) is 0 Å². The molecule has 3 N–H and O–H groups in total. The van der Waals surface area contributed by atoms with Gasteiger partial charge in [0, 0.05) is 17.6 Å². The molecule has 1 aromatic carbocycles. The third-order valence-corrected chi connectivity index (χ3v) is 3.62. The zero-order valence-electron chi connectivity index (χ0n) is 9.91. The number of hydrazine groups is 1. The van der Waals surface area contributed by atoms with E-state index < -0.39 is 0 Å². The normalized spacial score (nSPS) is 10.8. The standard InChI is InChI=1S/C12H11N5OS/c13-14-12-16-15-11(19-12)7-17-6-5-10(18)8-3-1-2-4-9(8)17/h1-6H,7,13H2,(H,14,16). The summed E-state index contributed by atoms with van der Waals surface area (Å²) in [5.41, 5.74) is 3.37. The largest absolute Gasteiger partial charge is 0.340 e. The molecular formula is C12H11N5OS. The van der Waals surface area contributed by atoms with E-state index in [0.717, 1.165) is 10.5 Å². The summed E-state index contributed by atoms with van der Waals surface area (Å²) in [4.78, 5) is 11.8. The Morgan fingerprint density at radius 1 is 1.26 bits per heavy atom. The molecular weight excluding hydrogens is 262 g/mol. The maximum absolute atomic E-state index is 11.8. The number of nitrogens with zero attached hydrogens (tertiary/aromatic N) is 3. The number of hydrogen-bond donors (Lipinski definition) is 2. The smallest absolute Gasteiger partial charge is 0.219 e. The minimum absolute atomic E-state index is 0.0217. The van der Waals surface area contributed by atoms with Crippen LogP contribution in [0, 0.1) is 0 Å². The number of para-hydroxylation sites is 1. The van der Waals surface area contributed by atoms with Crippen molar-refractivity contribution in [3.8, 4) is 0 Å². The third kappa shape index (κ3) is 2.20. The van der Waals surface area contributed by atoms with Gasteiger partial charge in [-0.3, -0.25) is 10.2 Å². The molecule has 0 bridgehead atoms. The van der Waals surface area contributed by atoms with Crippen LogP contribution in [0.1, 0.15) is 5.01 Å². The molecule has 2 aromatic heterocycles. The molecule has 0 atom stereocenters. The zero-order chi connectivity index (χ0) is 13.2. The number of rotatable bonds is 3. The average Bonchev–Trinajstić information content (AvgIpc) is 2.90. The van der Waals surface area contributed by atoms with E-state index >= 15 is 0 Å². The monoisotopic (exact) mass is 273 g/mol. The lowest BCUT2D eigenvalue weighted by molar-refractivity contribution is 0.801. The third-order valence-electron chi connectivity index (χ3n) is 2.78. The Balaban J connectivity index is 2.06. The lowest BCUT2D eigenvalue weighted by atomic mass is 10.2. The second kappa shape index (κ2) is 4.79. The fourth-order valence-corrected chi connectivity index (χ4v) is 2.57. The number of fused-ring (bicyclic) bond motifs is 1. The fourth-order valence-electron chi connectivity index (χ4n) is 1.92. The number of hydrogen-bond acceptors (Lipinski definition) is 6. The van der Waals surface area contributed by atoms with Gasteiger partial charge in [-0.2, -0.15) is 0 Å². The summed E-state index contributed by atoms with van der Waals surface area (Å²) in [6.07, 6.45) is 1.77. The van der Waals surface area contributed by atoms with Gasteiger partial charge in [-0.25, -0.2) is 5.84 Å². The van der Waals surface area contributed by atoms with Crippen molar-refractivity contribution in [1.82, 2.24) is 14.8 Å². The molecule has 0 fully saturated rings. The van der Waals surface area contributed by atoms with Gasteiger partial charge in [0.25, 0.3) is 0 Å². The molecule has 0 aliphatic rings. The maximum atomic E-state index is 11.8. The molecule has 2 heterocycles. The summed E-state index contributed by atoms with van der Waals surface area (Å²) in [5, 5.41) is 10.0. The molecule has 96 valence electrons. The number of nitrogens with one attached hydrogen (secondary N) is 1. The molecule has 6 nitrogen and oxygen atoms in total. The highest BCUT2D eigenvalue weighted by Gasteiger charge is 2.06. The molecule has 0 radical (unpaired) electrons. The van der Waals surface area contributed by atoms with Gasteiger partial charge < -0.3 is 4.57 Å². The number of nitrogens with two attached hydrogens (primary N) is 1. The van der Waals surface area contributed by atoms with E-state index in [0.29, 0.717) is 17.1 Å². The van der Waals surface area contributed by atoms with Gasteiger partial charge in [-0.15, -0.1) is 10.2 Å². The lowest BCUT2D eigenvalue weighted by Gasteiger charge is -2.07. The molecule has 0 aliphatic heterocycles.